The van der Waals surface area contributed by atoms with Gasteiger partial charge in [0.1, 0.15) is 0 Å². The minimum atomic E-state index is -4.67. The Morgan fingerprint density at radius 3 is 1.85 bits per heavy atom. The minimum Gasteiger partial charge on any atom is -0.370 e. The van der Waals surface area contributed by atoms with Crippen LogP contribution >= 0.6 is 0 Å². The van der Waals surface area contributed by atoms with Gasteiger partial charge in [-0.3, -0.25) is 14.1 Å². The van der Waals surface area contributed by atoms with Gasteiger partial charge in [-0.25, -0.2) is 0 Å². The number of aliphatic imine (C=N–C) groups is 1. The summed E-state index contributed by atoms with van der Waals surface area (Å²) >= 11 is 0. The van der Waals surface area contributed by atoms with Gasteiger partial charge in [0.15, 0.2) is 5.96 Å². The number of rotatable bonds is 3. The van der Waals surface area contributed by atoms with E-state index in [0.717, 1.165) is 24.9 Å². The van der Waals surface area contributed by atoms with Gasteiger partial charge in [-0.05, 0) is 37.5 Å². The fraction of sp³-hybridized carbons (Fsp3) is 0.909. The van der Waals surface area contributed by atoms with Crippen LogP contribution in [-0.2, 0) is 10.4 Å². The first-order valence-corrected chi connectivity index (χ1v) is 8.11. The van der Waals surface area contributed by atoms with E-state index in [4.69, 9.17) is 29.0 Å². The number of hydrogen-bond acceptors (Lipinski definition) is 4. The molecule has 1 aliphatic carbocycles. The van der Waals surface area contributed by atoms with Gasteiger partial charge in [-0.2, -0.15) is 8.42 Å². The van der Waals surface area contributed by atoms with Crippen LogP contribution in [0.1, 0.15) is 25.7 Å². The molecule has 0 aromatic rings. The zero-order valence-electron chi connectivity index (χ0n) is 11.5. The summed E-state index contributed by atoms with van der Waals surface area (Å²) in [6.07, 6.45) is 5.74. The molecule has 0 spiro atoms. The van der Waals surface area contributed by atoms with Crippen LogP contribution in [0.4, 0.5) is 0 Å². The highest BCUT2D eigenvalue weighted by molar-refractivity contribution is 7.79. The number of fused-ring (bicyclic) bond motifs is 4. The largest absolute Gasteiger partial charge is 0.394 e. The molecule has 0 aromatic carbocycles. The molecule has 3 rings (SSSR count). The van der Waals surface area contributed by atoms with E-state index in [1.54, 1.807) is 0 Å². The molecule has 0 radical (unpaired) electrons. The lowest BCUT2D eigenvalue weighted by molar-refractivity contribution is 0.259. The number of nitrogens with zero attached hydrogens (tertiary/aromatic N) is 2. The third-order valence-electron chi connectivity index (χ3n) is 3.71. The standard InChI is InChI=1S/C11H22N4.H2O4S/c12-11(13)14-5-6-15-7-9-1-2-10(8-15)4-3-9;1-5(2,3)4/h9-10H,1-8H2,(H4,12,13,14);(H2,1,2,3,4). The van der Waals surface area contributed by atoms with Crippen LogP contribution in [0.3, 0.4) is 0 Å². The second kappa shape index (κ2) is 7.77. The van der Waals surface area contributed by atoms with Gasteiger partial charge in [0, 0.05) is 19.6 Å². The zero-order valence-corrected chi connectivity index (χ0v) is 12.3. The van der Waals surface area contributed by atoms with Crippen molar-refractivity contribution in [2.75, 3.05) is 26.2 Å². The molecule has 9 heteroatoms. The quantitative estimate of drug-likeness (QED) is 0.319. The van der Waals surface area contributed by atoms with Crippen molar-refractivity contribution in [2.45, 2.75) is 25.7 Å². The molecule has 0 aromatic heterocycles. The van der Waals surface area contributed by atoms with Crippen molar-refractivity contribution >= 4 is 16.4 Å². The van der Waals surface area contributed by atoms with Crippen molar-refractivity contribution < 1.29 is 17.5 Å². The van der Waals surface area contributed by atoms with Crippen molar-refractivity contribution in [3.8, 4) is 0 Å². The number of guanidine groups is 1. The second-order valence-electron chi connectivity index (χ2n) is 5.40. The van der Waals surface area contributed by atoms with E-state index in [9.17, 15) is 0 Å². The predicted molar refractivity (Wildman–Crippen MR) is 76.7 cm³/mol. The molecular weight excluding hydrogens is 284 g/mol. The fourth-order valence-corrected chi connectivity index (χ4v) is 2.90. The van der Waals surface area contributed by atoms with Crippen molar-refractivity contribution in [2.24, 2.45) is 28.3 Å². The molecule has 1 saturated carbocycles. The Hall–Kier alpha value is -0.900. The molecule has 0 amide bonds. The topological polar surface area (TPSA) is 142 Å². The van der Waals surface area contributed by atoms with E-state index in [-0.39, 0.29) is 5.96 Å². The molecule has 0 unspecified atom stereocenters. The highest BCUT2D eigenvalue weighted by Gasteiger charge is 2.28. The van der Waals surface area contributed by atoms with E-state index < -0.39 is 10.4 Å². The Balaban J connectivity index is 0.000000347. The van der Waals surface area contributed by atoms with E-state index in [2.05, 4.69) is 9.89 Å². The third kappa shape index (κ3) is 8.31. The highest BCUT2D eigenvalue weighted by atomic mass is 32.3. The maximum absolute atomic E-state index is 8.74. The van der Waals surface area contributed by atoms with Gasteiger partial charge in [0.2, 0.25) is 0 Å². The predicted octanol–water partition coefficient (Wildman–Crippen LogP) is -0.271. The molecule has 118 valence electrons. The summed E-state index contributed by atoms with van der Waals surface area (Å²) in [4.78, 5) is 6.59. The lowest BCUT2D eigenvalue weighted by Crippen LogP contribution is -2.32. The maximum atomic E-state index is 8.74. The first-order chi connectivity index (χ1) is 9.24. The molecule has 3 aliphatic rings. The zero-order chi connectivity index (χ0) is 15.2. The van der Waals surface area contributed by atoms with E-state index in [1.165, 1.54) is 38.8 Å². The summed E-state index contributed by atoms with van der Waals surface area (Å²) in [5, 5.41) is 0. The Kier molecular flexibility index (Phi) is 6.66. The van der Waals surface area contributed by atoms with Crippen molar-refractivity contribution in [3.63, 3.8) is 0 Å². The molecule has 8 nitrogen and oxygen atoms in total. The molecule has 2 bridgehead atoms. The Morgan fingerprint density at radius 1 is 1.10 bits per heavy atom. The Bertz CT molecular complexity index is 392. The average molecular weight is 308 g/mol. The smallest absolute Gasteiger partial charge is 0.370 e. The second-order valence-corrected chi connectivity index (χ2v) is 6.30. The molecule has 0 atom stereocenters. The van der Waals surface area contributed by atoms with E-state index in [0.29, 0.717) is 0 Å². The lowest BCUT2D eigenvalue weighted by Gasteiger charge is -2.21. The average Bonchev–Trinajstić information content (AvgIpc) is 2.58. The third-order valence-corrected chi connectivity index (χ3v) is 3.71. The summed E-state index contributed by atoms with van der Waals surface area (Å²) in [5.41, 5.74) is 10.6. The normalized spacial score (nSPS) is 26.3. The monoisotopic (exact) mass is 308 g/mol. The van der Waals surface area contributed by atoms with Gasteiger partial charge in [-0.15, -0.1) is 0 Å². The van der Waals surface area contributed by atoms with Crippen LogP contribution in [0.25, 0.3) is 0 Å². The Morgan fingerprint density at radius 2 is 1.50 bits per heavy atom. The SMILES string of the molecule is NC(N)=NCCN1CC2CCC(CC2)C1.O=S(=O)(O)O. The first kappa shape index (κ1) is 17.2. The minimum absolute atomic E-state index is 0.216. The maximum Gasteiger partial charge on any atom is 0.394 e. The number of nitrogens with two attached hydrogens (primary N) is 2. The molecule has 3 fully saturated rings. The summed E-state index contributed by atoms with van der Waals surface area (Å²) in [6, 6.07) is 0. The first-order valence-electron chi connectivity index (χ1n) is 6.71. The highest BCUT2D eigenvalue weighted by Crippen LogP contribution is 2.33. The molecule has 20 heavy (non-hydrogen) atoms. The van der Waals surface area contributed by atoms with Crippen molar-refractivity contribution in [3.05, 3.63) is 0 Å². The summed E-state index contributed by atoms with van der Waals surface area (Å²) in [6.45, 7) is 4.29. The molecule has 6 N–H and O–H groups in total. The van der Waals surface area contributed by atoms with Crippen LogP contribution in [0.2, 0.25) is 0 Å². The fourth-order valence-electron chi connectivity index (χ4n) is 2.90. The van der Waals surface area contributed by atoms with Gasteiger partial charge >= 0.3 is 10.4 Å². The van der Waals surface area contributed by atoms with Crippen LogP contribution in [-0.4, -0.2) is 54.6 Å². The number of hydrogen-bond donors (Lipinski definition) is 4. The van der Waals surface area contributed by atoms with E-state index >= 15 is 0 Å². The lowest BCUT2D eigenvalue weighted by atomic mass is 9.84. The Labute approximate surface area is 119 Å². The van der Waals surface area contributed by atoms with Crippen LogP contribution < -0.4 is 11.5 Å². The van der Waals surface area contributed by atoms with Gasteiger partial charge in [0.25, 0.3) is 0 Å². The van der Waals surface area contributed by atoms with Gasteiger partial charge < -0.3 is 16.4 Å². The van der Waals surface area contributed by atoms with Crippen molar-refractivity contribution in [1.82, 2.24) is 4.90 Å². The van der Waals surface area contributed by atoms with Gasteiger partial charge in [-0.1, -0.05) is 0 Å². The molecule has 2 aliphatic heterocycles. The van der Waals surface area contributed by atoms with Crippen molar-refractivity contribution in [1.29, 1.82) is 0 Å². The van der Waals surface area contributed by atoms with Crippen LogP contribution in [0, 0.1) is 11.8 Å². The molecule has 2 heterocycles. The molecular formula is C11H24N4O4S. The van der Waals surface area contributed by atoms with Crippen LogP contribution in [0.5, 0.6) is 0 Å². The summed E-state index contributed by atoms with van der Waals surface area (Å²) < 4.78 is 31.6. The molecule has 2 saturated heterocycles. The summed E-state index contributed by atoms with van der Waals surface area (Å²) in [5.74, 6) is 2.08. The van der Waals surface area contributed by atoms with E-state index in [1.807, 2.05) is 0 Å². The summed E-state index contributed by atoms with van der Waals surface area (Å²) in [7, 11) is -4.67. The van der Waals surface area contributed by atoms with Gasteiger partial charge in [0.05, 0.1) is 6.54 Å². The van der Waals surface area contributed by atoms with Crippen LogP contribution in [0.15, 0.2) is 4.99 Å².